The smallest absolute Gasteiger partial charge is 0.324 e. The standard InChI is InChI=1S/C25H26ClN5O3S/c1-25(2,3)21-13-22(30-34-21)29-23(32)27-16-6-4-15(5-7-16)18-14-31-19-9-8-17(33-11-10-26)12-20(19)35-24(31)28-18/h4-9,12-14,24,28H,10-11H2,1-3H3,(H2,27,29,30,32). The summed E-state index contributed by atoms with van der Waals surface area (Å²) < 4.78 is 10.9. The molecule has 0 saturated carbocycles. The largest absolute Gasteiger partial charge is 0.492 e. The van der Waals surface area contributed by atoms with E-state index in [1.165, 1.54) is 0 Å². The first-order valence-electron chi connectivity index (χ1n) is 11.2. The Morgan fingerprint density at radius 1 is 1.20 bits per heavy atom. The predicted octanol–water partition coefficient (Wildman–Crippen LogP) is 6.03. The molecule has 1 unspecified atom stereocenters. The molecule has 35 heavy (non-hydrogen) atoms. The Kier molecular flexibility index (Phi) is 6.29. The minimum absolute atomic E-state index is 0.0901. The topological polar surface area (TPSA) is 91.7 Å². The van der Waals surface area contributed by atoms with Gasteiger partial charge in [0.1, 0.15) is 18.1 Å². The average Bonchev–Trinajstić information content (AvgIpc) is 3.52. The van der Waals surface area contributed by atoms with E-state index in [-0.39, 0.29) is 16.9 Å². The summed E-state index contributed by atoms with van der Waals surface area (Å²) in [6.07, 6.45) is 2.11. The molecule has 8 nitrogen and oxygen atoms in total. The third-order valence-electron chi connectivity index (χ3n) is 5.54. The number of hydrogen-bond donors (Lipinski definition) is 3. The summed E-state index contributed by atoms with van der Waals surface area (Å²) in [7, 11) is 0. The Morgan fingerprint density at radius 2 is 2.00 bits per heavy atom. The highest BCUT2D eigenvalue weighted by molar-refractivity contribution is 8.00. The van der Waals surface area contributed by atoms with E-state index in [9.17, 15) is 4.79 Å². The molecule has 2 aliphatic heterocycles. The van der Waals surface area contributed by atoms with Gasteiger partial charge in [0.15, 0.2) is 11.3 Å². The lowest BCUT2D eigenvalue weighted by Crippen LogP contribution is -2.28. The number of halogens is 1. The van der Waals surface area contributed by atoms with E-state index in [4.69, 9.17) is 20.9 Å². The molecular weight excluding hydrogens is 486 g/mol. The van der Waals surface area contributed by atoms with Gasteiger partial charge >= 0.3 is 6.03 Å². The van der Waals surface area contributed by atoms with Crippen molar-refractivity contribution in [3.63, 3.8) is 0 Å². The van der Waals surface area contributed by atoms with Crippen LogP contribution in [0.5, 0.6) is 5.75 Å². The van der Waals surface area contributed by atoms with Gasteiger partial charge in [-0.25, -0.2) is 4.79 Å². The van der Waals surface area contributed by atoms with Crippen molar-refractivity contribution in [2.24, 2.45) is 0 Å². The van der Waals surface area contributed by atoms with E-state index in [2.05, 4.69) is 44.3 Å². The van der Waals surface area contributed by atoms with E-state index < -0.39 is 0 Å². The fraction of sp³-hybridized carbons (Fsp3) is 0.280. The minimum Gasteiger partial charge on any atom is -0.492 e. The summed E-state index contributed by atoms with van der Waals surface area (Å²) in [5.41, 5.74) is 3.77. The number of anilines is 3. The second-order valence-corrected chi connectivity index (χ2v) is 10.7. The van der Waals surface area contributed by atoms with E-state index >= 15 is 0 Å². The molecular formula is C25H26ClN5O3S. The molecule has 0 bridgehead atoms. The molecule has 0 fully saturated rings. The SMILES string of the molecule is CC(C)(C)c1cc(NC(=O)Nc2ccc(C3=CN4c5ccc(OCCCl)cc5SC4N3)cc2)no1. The number of fused-ring (bicyclic) bond motifs is 3. The Morgan fingerprint density at radius 3 is 2.71 bits per heavy atom. The van der Waals surface area contributed by atoms with Gasteiger partial charge in [0.05, 0.1) is 17.3 Å². The number of hydrogen-bond acceptors (Lipinski definition) is 7. The van der Waals surface area contributed by atoms with Gasteiger partial charge in [-0.15, -0.1) is 11.6 Å². The van der Waals surface area contributed by atoms with E-state index in [0.717, 1.165) is 27.6 Å². The predicted molar refractivity (Wildman–Crippen MR) is 140 cm³/mol. The lowest BCUT2D eigenvalue weighted by atomic mass is 9.93. The molecule has 0 saturated heterocycles. The molecule has 1 atom stereocenters. The van der Waals surface area contributed by atoms with Crippen LogP contribution < -0.4 is 25.6 Å². The zero-order valence-electron chi connectivity index (χ0n) is 19.6. The summed E-state index contributed by atoms with van der Waals surface area (Å²) in [6.45, 7) is 6.55. The Balaban J connectivity index is 1.21. The van der Waals surface area contributed by atoms with E-state index in [1.807, 2.05) is 51.1 Å². The van der Waals surface area contributed by atoms with Crippen LogP contribution >= 0.6 is 23.4 Å². The van der Waals surface area contributed by atoms with Gasteiger partial charge < -0.3 is 24.8 Å². The van der Waals surface area contributed by atoms with Gasteiger partial charge in [-0.05, 0) is 35.9 Å². The number of nitrogens with one attached hydrogen (secondary N) is 3. The van der Waals surface area contributed by atoms with Crippen LogP contribution in [0, 0.1) is 0 Å². The van der Waals surface area contributed by atoms with Crippen molar-refractivity contribution in [3.8, 4) is 5.75 Å². The molecule has 2 aromatic carbocycles. The van der Waals surface area contributed by atoms with Gasteiger partial charge in [-0.3, -0.25) is 5.32 Å². The number of thioether (sulfide) groups is 1. The molecule has 182 valence electrons. The number of amides is 2. The van der Waals surface area contributed by atoms with Crippen molar-refractivity contribution in [3.05, 3.63) is 66.1 Å². The van der Waals surface area contributed by atoms with Crippen LogP contribution in [-0.2, 0) is 5.41 Å². The van der Waals surface area contributed by atoms with Crippen LogP contribution in [0.25, 0.3) is 5.70 Å². The summed E-state index contributed by atoms with van der Waals surface area (Å²) in [6, 6.07) is 15.1. The second-order valence-electron chi connectivity index (χ2n) is 9.21. The van der Waals surface area contributed by atoms with Crippen LogP contribution in [0.2, 0.25) is 0 Å². The van der Waals surface area contributed by atoms with Gasteiger partial charge in [0, 0.05) is 28.3 Å². The summed E-state index contributed by atoms with van der Waals surface area (Å²) >= 11 is 7.46. The number of nitrogens with zero attached hydrogens (tertiary/aromatic N) is 2. The lowest BCUT2D eigenvalue weighted by molar-refractivity contribution is 0.262. The maximum absolute atomic E-state index is 12.4. The molecule has 0 radical (unpaired) electrons. The molecule has 3 aromatic rings. The number of alkyl halides is 1. The normalized spacial score (nSPS) is 16.3. The number of urea groups is 1. The number of ether oxygens (including phenoxy) is 1. The molecule has 10 heteroatoms. The maximum Gasteiger partial charge on any atom is 0.324 e. The van der Waals surface area contributed by atoms with Crippen molar-refractivity contribution in [1.29, 1.82) is 0 Å². The monoisotopic (exact) mass is 511 g/mol. The molecule has 2 aliphatic rings. The first-order chi connectivity index (χ1) is 16.8. The number of benzene rings is 2. The third-order valence-corrected chi connectivity index (χ3v) is 6.84. The lowest BCUT2D eigenvalue weighted by Gasteiger charge is -2.15. The zero-order valence-corrected chi connectivity index (χ0v) is 21.2. The van der Waals surface area contributed by atoms with Crippen molar-refractivity contribution in [1.82, 2.24) is 10.5 Å². The van der Waals surface area contributed by atoms with Crippen molar-refractivity contribution in [2.75, 3.05) is 28.0 Å². The fourth-order valence-corrected chi connectivity index (χ4v) is 5.02. The van der Waals surface area contributed by atoms with Gasteiger partial charge in [0.25, 0.3) is 0 Å². The summed E-state index contributed by atoms with van der Waals surface area (Å²) in [5, 5.41) is 13.0. The second kappa shape index (κ2) is 9.39. The fourth-order valence-electron chi connectivity index (χ4n) is 3.75. The molecule has 3 N–H and O–H groups in total. The summed E-state index contributed by atoms with van der Waals surface area (Å²) in [5.74, 6) is 2.37. The highest BCUT2D eigenvalue weighted by Gasteiger charge is 2.34. The molecule has 0 spiro atoms. The van der Waals surface area contributed by atoms with Gasteiger partial charge in [0.2, 0.25) is 0 Å². The highest BCUT2D eigenvalue weighted by atomic mass is 35.5. The molecule has 5 rings (SSSR count). The van der Waals surface area contributed by atoms with Crippen molar-refractivity contribution < 1.29 is 14.1 Å². The first-order valence-corrected chi connectivity index (χ1v) is 12.6. The highest BCUT2D eigenvalue weighted by Crippen LogP contribution is 2.47. The first kappa shape index (κ1) is 23.4. The third kappa shape index (κ3) is 5.06. The number of aromatic nitrogens is 1. The van der Waals surface area contributed by atoms with Crippen LogP contribution in [-0.4, -0.2) is 29.2 Å². The molecule has 3 heterocycles. The van der Waals surface area contributed by atoms with Gasteiger partial charge in [-0.1, -0.05) is 49.8 Å². The summed E-state index contributed by atoms with van der Waals surface area (Å²) in [4.78, 5) is 15.7. The van der Waals surface area contributed by atoms with Crippen LogP contribution in [0.1, 0.15) is 32.1 Å². The van der Waals surface area contributed by atoms with Crippen molar-refractivity contribution >= 4 is 52.3 Å². The van der Waals surface area contributed by atoms with Crippen LogP contribution in [0.15, 0.2) is 64.1 Å². The van der Waals surface area contributed by atoms with Crippen molar-refractivity contribution in [2.45, 2.75) is 36.6 Å². The maximum atomic E-state index is 12.4. The number of carbonyl (C=O) groups is 1. The Labute approximate surface area is 213 Å². The Hall–Kier alpha value is -3.30. The number of carbonyl (C=O) groups excluding carboxylic acids is 1. The number of rotatable bonds is 6. The van der Waals surface area contributed by atoms with E-state index in [0.29, 0.717) is 29.8 Å². The van der Waals surface area contributed by atoms with Crippen LogP contribution in [0.4, 0.5) is 22.0 Å². The molecule has 0 aliphatic carbocycles. The minimum atomic E-state index is -0.382. The quantitative estimate of drug-likeness (QED) is 0.348. The van der Waals surface area contributed by atoms with Crippen LogP contribution in [0.3, 0.4) is 0 Å². The molecule has 2 amide bonds. The zero-order chi connectivity index (χ0) is 24.6. The molecule has 1 aromatic heterocycles. The Bertz CT molecular complexity index is 1270. The van der Waals surface area contributed by atoms with Gasteiger partial charge in [-0.2, -0.15) is 0 Å². The van der Waals surface area contributed by atoms with E-state index in [1.54, 1.807) is 17.8 Å². The average molecular weight is 512 g/mol.